The quantitative estimate of drug-likeness (QED) is 0.0426. The molecule has 0 amide bonds. The van der Waals surface area contributed by atoms with Crippen LogP contribution in [0.25, 0.3) is 0 Å². The van der Waals surface area contributed by atoms with Crippen molar-refractivity contribution in [2.24, 2.45) is 0 Å². The lowest BCUT2D eigenvalue weighted by molar-refractivity contribution is -0.139. The SMILES string of the molecule is CCCCCCCCO[Si](C=C(C)C(=O)OCCC)(OCCCCCCCC)OCCCCCCCC. The van der Waals surface area contributed by atoms with Crippen LogP contribution >= 0.6 is 0 Å². The summed E-state index contributed by atoms with van der Waals surface area (Å²) in [5.41, 5.74) is 2.39. The number of hydrogen-bond acceptors (Lipinski definition) is 5. The number of carbonyl (C=O) groups is 1. The van der Waals surface area contributed by atoms with Gasteiger partial charge in [-0.3, -0.25) is 0 Å². The molecule has 0 saturated heterocycles. The molecule has 0 fully saturated rings. The fourth-order valence-electron chi connectivity index (χ4n) is 4.17. The van der Waals surface area contributed by atoms with Gasteiger partial charge in [0.25, 0.3) is 0 Å². The Kier molecular flexibility index (Phi) is 26.4. The molecule has 0 heterocycles. The predicted molar refractivity (Wildman–Crippen MR) is 159 cm³/mol. The van der Waals surface area contributed by atoms with Crippen LogP contribution in [0.4, 0.5) is 0 Å². The summed E-state index contributed by atoms with van der Waals surface area (Å²) in [5, 5.41) is 0. The van der Waals surface area contributed by atoms with Crippen LogP contribution in [0, 0.1) is 0 Å². The maximum Gasteiger partial charge on any atom is 0.530 e. The number of rotatable bonds is 28. The maximum atomic E-state index is 12.6. The Balaban J connectivity index is 5.22. The molecule has 6 heteroatoms. The summed E-state index contributed by atoms with van der Waals surface area (Å²) < 4.78 is 24.8. The highest BCUT2D eigenvalue weighted by molar-refractivity contribution is 6.66. The highest BCUT2D eigenvalue weighted by atomic mass is 28.4. The van der Waals surface area contributed by atoms with Crippen LogP contribution in [-0.2, 0) is 22.8 Å². The minimum Gasteiger partial charge on any atom is -0.462 e. The van der Waals surface area contributed by atoms with Gasteiger partial charge in [-0.1, -0.05) is 124 Å². The van der Waals surface area contributed by atoms with Crippen molar-refractivity contribution in [3.63, 3.8) is 0 Å². The second kappa shape index (κ2) is 26.9. The van der Waals surface area contributed by atoms with Gasteiger partial charge >= 0.3 is 14.8 Å². The summed E-state index contributed by atoms with van der Waals surface area (Å²) in [7, 11) is -3.15. The predicted octanol–water partition coefficient (Wildman–Crippen LogP) is 9.50. The average molecular weight is 543 g/mol. The van der Waals surface area contributed by atoms with E-state index in [0.29, 0.717) is 32.0 Å². The number of esters is 1. The van der Waals surface area contributed by atoms with Crippen molar-refractivity contribution in [3.8, 4) is 0 Å². The van der Waals surface area contributed by atoms with Gasteiger partial charge in [-0.05, 0) is 38.3 Å². The molecule has 220 valence electrons. The lowest BCUT2D eigenvalue weighted by Crippen LogP contribution is -2.46. The van der Waals surface area contributed by atoms with E-state index in [1.165, 1.54) is 77.0 Å². The van der Waals surface area contributed by atoms with Crippen LogP contribution in [0.2, 0.25) is 0 Å². The van der Waals surface area contributed by atoms with Crippen molar-refractivity contribution >= 4 is 14.8 Å². The molecule has 0 saturated carbocycles. The van der Waals surface area contributed by atoms with Gasteiger partial charge in [-0.2, -0.15) is 0 Å². The van der Waals surface area contributed by atoms with E-state index < -0.39 is 8.80 Å². The van der Waals surface area contributed by atoms with E-state index in [2.05, 4.69) is 20.8 Å². The molecule has 0 aliphatic heterocycles. The molecule has 37 heavy (non-hydrogen) atoms. The Labute approximate surface area is 231 Å². The molecule has 0 aliphatic carbocycles. The molecule has 0 radical (unpaired) electrons. The van der Waals surface area contributed by atoms with E-state index in [1.807, 2.05) is 12.6 Å². The number of hydrogen-bond donors (Lipinski definition) is 0. The molecule has 0 rings (SSSR count). The highest BCUT2D eigenvalue weighted by Gasteiger charge is 2.40. The van der Waals surface area contributed by atoms with Crippen molar-refractivity contribution < 1.29 is 22.8 Å². The van der Waals surface area contributed by atoms with Crippen LogP contribution < -0.4 is 0 Å². The monoisotopic (exact) mass is 542 g/mol. The van der Waals surface area contributed by atoms with Crippen molar-refractivity contribution in [3.05, 3.63) is 11.3 Å². The maximum absolute atomic E-state index is 12.6. The van der Waals surface area contributed by atoms with E-state index in [0.717, 1.165) is 44.9 Å². The molecular weight excluding hydrogens is 480 g/mol. The average Bonchev–Trinajstić information content (AvgIpc) is 2.90. The minimum absolute atomic E-state index is 0.298. The fourth-order valence-corrected chi connectivity index (χ4v) is 6.61. The zero-order valence-electron chi connectivity index (χ0n) is 25.4. The Morgan fingerprint density at radius 2 is 0.865 bits per heavy atom. The topological polar surface area (TPSA) is 54.0 Å². The second-order valence-electron chi connectivity index (χ2n) is 10.4. The van der Waals surface area contributed by atoms with Crippen LogP contribution in [0.15, 0.2) is 11.3 Å². The van der Waals surface area contributed by atoms with Crippen molar-refractivity contribution in [1.29, 1.82) is 0 Å². The summed E-state index contributed by atoms with van der Waals surface area (Å²) in [4.78, 5) is 12.6. The Hall–Kier alpha value is -0.693. The van der Waals surface area contributed by atoms with Gasteiger partial charge in [0.2, 0.25) is 0 Å². The van der Waals surface area contributed by atoms with E-state index in [1.54, 1.807) is 6.92 Å². The first-order chi connectivity index (χ1) is 18.0. The number of ether oxygens (including phenoxy) is 1. The Morgan fingerprint density at radius 1 is 0.514 bits per heavy atom. The van der Waals surface area contributed by atoms with Crippen LogP contribution in [0.1, 0.15) is 157 Å². The van der Waals surface area contributed by atoms with Crippen LogP contribution in [0.3, 0.4) is 0 Å². The number of unbranched alkanes of at least 4 members (excludes halogenated alkanes) is 15. The van der Waals surface area contributed by atoms with Gasteiger partial charge in [0.05, 0.1) is 6.61 Å². The molecule has 0 N–H and O–H groups in total. The Morgan fingerprint density at radius 3 is 1.22 bits per heavy atom. The fraction of sp³-hybridized carbons (Fsp3) is 0.903. The van der Waals surface area contributed by atoms with Crippen molar-refractivity contribution in [2.75, 3.05) is 26.4 Å². The molecule has 0 aromatic rings. The van der Waals surface area contributed by atoms with E-state index >= 15 is 0 Å². The second-order valence-corrected chi connectivity index (χ2v) is 12.8. The first kappa shape index (κ1) is 36.3. The van der Waals surface area contributed by atoms with Crippen LogP contribution in [-0.4, -0.2) is 41.2 Å². The normalized spacial score (nSPS) is 12.3. The van der Waals surface area contributed by atoms with Gasteiger partial charge in [0, 0.05) is 25.4 Å². The van der Waals surface area contributed by atoms with Crippen LogP contribution in [0.5, 0.6) is 0 Å². The summed E-state index contributed by atoms with van der Waals surface area (Å²) in [6, 6.07) is 0. The van der Waals surface area contributed by atoms with Crippen molar-refractivity contribution in [1.82, 2.24) is 0 Å². The molecule has 0 atom stereocenters. The molecule has 0 spiro atoms. The molecule has 0 aromatic carbocycles. The van der Waals surface area contributed by atoms with Gasteiger partial charge in [0.1, 0.15) is 0 Å². The zero-order valence-corrected chi connectivity index (χ0v) is 26.4. The first-order valence-electron chi connectivity index (χ1n) is 15.8. The minimum atomic E-state index is -3.15. The van der Waals surface area contributed by atoms with Gasteiger partial charge in [0.15, 0.2) is 0 Å². The van der Waals surface area contributed by atoms with Gasteiger partial charge in [-0.15, -0.1) is 0 Å². The van der Waals surface area contributed by atoms with E-state index in [-0.39, 0.29) is 5.97 Å². The summed E-state index contributed by atoms with van der Waals surface area (Å²) in [5.74, 6) is -0.298. The third-order valence-corrected chi connectivity index (χ3v) is 9.16. The molecule has 0 aliphatic rings. The summed E-state index contributed by atoms with van der Waals surface area (Å²) in [6.45, 7) is 12.8. The summed E-state index contributed by atoms with van der Waals surface area (Å²) >= 11 is 0. The lowest BCUT2D eigenvalue weighted by atomic mass is 10.1. The molecule has 0 bridgehead atoms. The largest absolute Gasteiger partial charge is 0.530 e. The standard InChI is InChI=1S/C31H62O5Si/c1-6-10-13-16-19-22-26-34-37(29-30(5)31(32)33-25-9-4,35-27-23-20-17-14-11-7-2)36-28-24-21-18-15-12-8-3/h29H,6-28H2,1-5H3. The third-order valence-electron chi connectivity index (χ3n) is 6.56. The molecule has 0 unspecified atom stereocenters. The van der Waals surface area contributed by atoms with Gasteiger partial charge in [-0.25, -0.2) is 4.79 Å². The molecular formula is C31H62O5Si. The number of carbonyl (C=O) groups excluding carboxylic acids is 1. The summed E-state index contributed by atoms with van der Waals surface area (Å²) in [6.07, 6.45) is 22.4. The molecule has 5 nitrogen and oxygen atoms in total. The van der Waals surface area contributed by atoms with Crippen molar-refractivity contribution in [2.45, 2.75) is 157 Å². The highest BCUT2D eigenvalue weighted by Crippen LogP contribution is 2.19. The van der Waals surface area contributed by atoms with E-state index in [9.17, 15) is 4.79 Å². The van der Waals surface area contributed by atoms with Gasteiger partial charge < -0.3 is 18.0 Å². The molecule has 0 aromatic heterocycles. The third kappa shape index (κ3) is 21.9. The smallest absolute Gasteiger partial charge is 0.462 e. The zero-order chi connectivity index (χ0) is 27.5. The lowest BCUT2D eigenvalue weighted by Gasteiger charge is -2.28. The Bertz CT molecular complexity index is 492. The van der Waals surface area contributed by atoms with E-state index in [4.69, 9.17) is 18.0 Å². The first-order valence-corrected chi connectivity index (χ1v) is 17.6.